The van der Waals surface area contributed by atoms with Gasteiger partial charge in [-0.25, -0.2) is 4.39 Å². The minimum absolute atomic E-state index is 0. The van der Waals surface area contributed by atoms with Crippen molar-refractivity contribution in [1.29, 1.82) is 0 Å². The Labute approximate surface area is 136 Å². The zero-order valence-electron chi connectivity index (χ0n) is 12.8. The van der Waals surface area contributed by atoms with Gasteiger partial charge in [0.05, 0.1) is 19.3 Å². The molecule has 0 spiro atoms. The van der Waals surface area contributed by atoms with Crippen LogP contribution in [0.5, 0.6) is 5.75 Å². The summed E-state index contributed by atoms with van der Waals surface area (Å²) in [5.74, 6) is -0.726. The van der Waals surface area contributed by atoms with Crippen molar-refractivity contribution in [3.63, 3.8) is 0 Å². The molecule has 1 saturated heterocycles. The van der Waals surface area contributed by atoms with Gasteiger partial charge in [-0.3, -0.25) is 4.79 Å². The molecule has 0 saturated carbocycles. The largest absolute Gasteiger partial charge is 0.494 e. The second-order valence-electron chi connectivity index (χ2n) is 5.28. The van der Waals surface area contributed by atoms with Gasteiger partial charge < -0.3 is 20.1 Å². The SMILES string of the molecule is COCC1(CNC(=O)c2ccc(OC)c(F)c2)CCCN1.Cl. The maximum absolute atomic E-state index is 13.6. The summed E-state index contributed by atoms with van der Waals surface area (Å²) in [7, 11) is 3.03. The zero-order chi connectivity index (χ0) is 15.3. The molecule has 2 rings (SSSR count). The summed E-state index contributed by atoms with van der Waals surface area (Å²) < 4.78 is 23.7. The number of hydrogen-bond donors (Lipinski definition) is 2. The molecule has 5 nitrogen and oxygen atoms in total. The van der Waals surface area contributed by atoms with Crippen molar-refractivity contribution < 1.29 is 18.7 Å². The van der Waals surface area contributed by atoms with Crippen molar-refractivity contribution >= 4 is 18.3 Å². The van der Waals surface area contributed by atoms with Crippen LogP contribution in [-0.2, 0) is 4.74 Å². The Balaban J connectivity index is 0.00000242. The molecule has 1 aliphatic rings. The lowest BCUT2D eigenvalue weighted by atomic mass is 9.98. The number of methoxy groups -OCH3 is 2. The minimum Gasteiger partial charge on any atom is -0.494 e. The Morgan fingerprint density at radius 1 is 1.45 bits per heavy atom. The quantitative estimate of drug-likeness (QED) is 0.833. The number of nitrogens with one attached hydrogen (secondary N) is 2. The topological polar surface area (TPSA) is 59.6 Å². The third kappa shape index (κ3) is 4.32. The van der Waals surface area contributed by atoms with Crippen LogP contribution in [0.4, 0.5) is 4.39 Å². The van der Waals surface area contributed by atoms with Crippen LogP contribution in [0.1, 0.15) is 23.2 Å². The fourth-order valence-corrected chi connectivity index (χ4v) is 2.63. The third-order valence-corrected chi connectivity index (χ3v) is 3.75. The van der Waals surface area contributed by atoms with E-state index in [1.165, 1.54) is 19.2 Å². The lowest BCUT2D eigenvalue weighted by molar-refractivity contribution is 0.0891. The zero-order valence-corrected chi connectivity index (χ0v) is 13.6. The fraction of sp³-hybridized carbons (Fsp3) is 0.533. The minimum atomic E-state index is -0.546. The van der Waals surface area contributed by atoms with E-state index in [-0.39, 0.29) is 35.2 Å². The molecule has 1 unspecified atom stereocenters. The van der Waals surface area contributed by atoms with E-state index in [0.29, 0.717) is 13.2 Å². The Kier molecular flexibility index (Phi) is 7.06. The van der Waals surface area contributed by atoms with Gasteiger partial charge in [0.1, 0.15) is 0 Å². The van der Waals surface area contributed by atoms with Gasteiger partial charge in [-0.2, -0.15) is 0 Å². The van der Waals surface area contributed by atoms with E-state index in [4.69, 9.17) is 9.47 Å². The monoisotopic (exact) mass is 332 g/mol. The van der Waals surface area contributed by atoms with Crippen LogP contribution in [0.25, 0.3) is 0 Å². The summed E-state index contributed by atoms with van der Waals surface area (Å²) >= 11 is 0. The van der Waals surface area contributed by atoms with Gasteiger partial charge in [-0.05, 0) is 37.6 Å². The van der Waals surface area contributed by atoms with Crippen LogP contribution < -0.4 is 15.4 Å². The first-order valence-corrected chi connectivity index (χ1v) is 6.96. The van der Waals surface area contributed by atoms with Crippen LogP contribution in [0, 0.1) is 5.82 Å². The molecule has 124 valence electrons. The van der Waals surface area contributed by atoms with E-state index in [1.54, 1.807) is 13.2 Å². The molecule has 0 radical (unpaired) electrons. The van der Waals surface area contributed by atoms with E-state index in [9.17, 15) is 9.18 Å². The molecular weight excluding hydrogens is 311 g/mol. The van der Waals surface area contributed by atoms with Crippen molar-refractivity contribution in [3.05, 3.63) is 29.6 Å². The maximum Gasteiger partial charge on any atom is 0.251 e. The lowest BCUT2D eigenvalue weighted by Gasteiger charge is -2.29. The normalized spacial score (nSPS) is 20.3. The maximum atomic E-state index is 13.6. The highest BCUT2D eigenvalue weighted by atomic mass is 35.5. The second kappa shape index (κ2) is 8.31. The molecule has 1 aromatic rings. The molecule has 1 amide bonds. The van der Waals surface area contributed by atoms with Crippen molar-refractivity contribution in [2.75, 3.05) is 33.9 Å². The number of ether oxygens (including phenoxy) is 2. The van der Waals surface area contributed by atoms with Gasteiger partial charge in [-0.15, -0.1) is 12.4 Å². The Bertz CT molecular complexity index is 508. The van der Waals surface area contributed by atoms with Crippen LogP contribution in [-0.4, -0.2) is 45.4 Å². The van der Waals surface area contributed by atoms with Crippen molar-refractivity contribution in [1.82, 2.24) is 10.6 Å². The van der Waals surface area contributed by atoms with E-state index < -0.39 is 5.82 Å². The average Bonchev–Trinajstić information content (AvgIpc) is 2.94. The molecule has 0 aliphatic carbocycles. The summed E-state index contributed by atoms with van der Waals surface area (Å²) in [5, 5.41) is 6.22. The van der Waals surface area contributed by atoms with Crippen LogP contribution in [0.2, 0.25) is 0 Å². The van der Waals surface area contributed by atoms with Crippen LogP contribution in [0.15, 0.2) is 18.2 Å². The van der Waals surface area contributed by atoms with E-state index >= 15 is 0 Å². The predicted molar refractivity (Wildman–Crippen MR) is 84.4 cm³/mol. The smallest absolute Gasteiger partial charge is 0.251 e. The Morgan fingerprint density at radius 2 is 2.23 bits per heavy atom. The third-order valence-electron chi connectivity index (χ3n) is 3.75. The Morgan fingerprint density at radius 3 is 2.77 bits per heavy atom. The van der Waals surface area contributed by atoms with Gasteiger partial charge in [0, 0.05) is 19.2 Å². The summed E-state index contributed by atoms with van der Waals surface area (Å²) in [5.41, 5.74) is 0.0500. The van der Waals surface area contributed by atoms with E-state index in [0.717, 1.165) is 19.4 Å². The lowest BCUT2D eigenvalue weighted by Crippen LogP contribution is -2.53. The highest BCUT2D eigenvalue weighted by Crippen LogP contribution is 2.20. The number of hydrogen-bond acceptors (Lipinski definition) is 4. The number of amides is 1. The molecule has 0 bridgehead atoms. The van der Waals surface area contributed by atoms with E-state index in [1.807, 2.05) is 0 Å². The highest BCUT2D eigenvalue weighted by Gasteiger charge is 2.33. The Hall–Kier alpha value is -1.37. The van der Waals surface area contributed by atoms with Gasteiger partial charge in [0.25, 0.3) is 5.91 Å². The molecule has 2 N–H and O–H groups in total. The van der Waals surface area contributed by atoms with Crippen LogP contribution >= 0.6 is 12.4 Å². The standard InChI is InChI=1S/C15H21FN2O3.ClH/c1-20-10-15(6-3-7-18-15)9-17-14(19)11-4-5-13(21-2)12(16)8-11;/h4-5,8,18H,3,6-7,9-10H2,1-2H3,(H,17,19);1H. The number of benzene rings is 1. The van der Waals surface area contributed by atoms with Crippen LogP contribution in [0.3, 0.4) is 0 Å². The molecular formula is C15H22ClFN2O3. The first-order valence-electron chi connectivity index (χ1n) is 6.96. The first-order chi connectivity index (χ1) is 10.1. The average molecular weight is 333 g/mol. The summed E-state index contributed by atoms with van der Waals surface area (Å²) in [6.45, 7) is 1.90. The summed E-state index contributed by atoms with van der Waals surface area (Å²) in [6, 6.07) is 4.17. The summed E-state index contributed by atoms with van der Waals surface area (Å²) in [4.78, 5) is 12.1. The van der Waals surface area contributed by atoms with E-state index in [2.05, 4.69) is 10.6 Å². The van der Waals surface area contributed by atoms with Crippen molar-refractivity contribution in [2.24, 2.45) is 0 Å². The van der Waals surface area contributed by atoms with Gasteiger partial charge in [-0.1, -0.05) is 0 Å². The van der Waals surface area contributed by atoms with Gasteiger partial charge >= 0.3 is 0 Å². The molecule has 1 aliphatic heterocycles. The second-order valence-corrected chi connectivity index (χ2v) is 5.28. The first kappa shape index (κ1) is 18.7. The number of halogens is 2. The predicted octanol–water partition coefficient (Wildman–Crippen LogP) is 1.75. The molecule has 1 fully saturated rings. The molecule has 1 atom stereocenters. The summed E-state index contributed by atoms with van der Waals surface area (Å²) in [6.07, 6.45) is 1.99. The molecule has 7 heteroatoms. The molecule has 22 heavy (non-hydrogen) atoms. The molecule has 1 aromatic carbocycles. The highest BCUT2D eigenvalue weighted by molar-refractivity contribution is 5.94. The van der Waals surface area contributed by atoms with Gasteiger partial charge in [0.2, 0.25) is 0 Å². The number of carbonyl (C=O) groups is 1. The molecule has 0 aromatic heterocycles. The number of carbonyl (C=O) groups excluding carboxylic acids is 1. The molecule has 1 heterocycles. The van der Waals surface area contributed by atoms with Gasteiger partial charge in [0.15, 0.2) is 11.6 Å². The fourth-order valence-electron chi connectivity index (χ4n) is 2.63. The number of rotatable bonds is 6. The van der Waals surface area contributed by atoms with Crippen molar-refractivity contribution in [2.45, 2.75) is 18.4 Å². The van der Waals surface area contributed by atoms with Crippen molar-refractivity contribution in [3.8, 4) is 5.75 Å².